The maximum absolute atomic E-state index is 12.8. The largest absolute Gasteiger partial charge is 0.416 e. The maximum Gasteiger partial charge on any atom is 0.416 e. The van der Waals surface area contributed by atoms with Crippen LogP contribution in [0.1, 0.15) is 35.2 Å². The first-order valence-corrected chi connectivity index (χ1v) is 10.6. The molecule has 0 saturated carbocycles. The molecule has 1 saturated heterocycles. The molecule has 1 amide bonds. The third-order valence-electron chi connectivity index (χ3n) is 5.45. The van der Waals surface area contributed by atoms with Crippen LogP contribution in [0.5, 0.6) is 0 Å². The first-order valence-electron chi connectivity index (χ1n) is 10.6. The van der Waals surface area contributed by atoms with Crippen molar-refractivity contribution in [3.05, 3.63) is 71.8 Å². The van der Waals surface area contributed by atoms with Gasteiger partial charge in [0.1, 0.15) is 5.84 Å². The second kappa shape index (κ2) is 9.99. The fraction of sp³-hybridized carbons (Fsp3) is 0.292. The lowest BCUT2D eigenvalue weighted by Crippen LogP contribution is -2.33. The number of nitrogens with one attached hydrogen (secondary N) is 2. The predicted octanol–water partition coefficient (Wildman–Crippen LogP) is 5.37. The highest BCUT2D eigenvalue weighted by Crippen LogP contribution is 2.29. The van der Waals surface area contributed by atoms with Gasteiger partial charge in [0.15, 0.2) is 5.82 Å². The average Bonchev–Trinajstić information content (AvgIpc) is 3.28. The molecule has 1 aromatic heterocycles. The van der Waals surface area contributed by atoms with Crippen molar-refractivity contribution < 1.29 is 22.7 Å². The van der Waals surface area contributed by atoms with Gasteiger partial charge in [-0.15, -0.1) is 0 Å². The van der Waals surface area contributed by atoms with Crippen LogP contribution in [0, 0.1) is 5.92 Å². The molecule has 0 radical (unpaired) electrons. The molecule has 0 aliphatic carbocycles. The fourth-order valence-electron chi connectivity index (χ4n) is 3.63. The van der Waals surface area contributed by atoms with Gasteiger partial charge in [-0.25, -0.2) is 4.99 Å². The Morgan fingerprint density at radius 1 is 1.09 bits per heavy atom. The molecule has 9 heteroatoms. The molecule has 0 unspecified atom stereocenters. The number of aliphatic imine (C=N–C) groups is 1. The summed E-state index contributed by atoms with van der Waals surface area (Å²) in [5, 5.41) is 9.94. The van der Waals surface area contributed by atoms with E-state index in [4.69, 9.17) is 4.74 Å². The van der Waals surface area contributed by atoms with E-state index in [1.807, 2.05) is 30.3 Å². The SMILES string of the molecule is O=C(NC(CC1CCOCC1)=Nc1cc(-c2ccccc2)[nH]n1)c1ccc(C(F)(F)F)cc1. The van der Waals surface area contributed by atoms with Crippen LogP contribution in [-0.4, -0.2) is 35.2 Å². The Morgan fingerprint density at radius 2 is 1.79 bits per heavy atom. The van der Waals surface area contributed by atoms with Crippen LogP contribution < -0.4 is 5.32 Å². The van der Waals surface area contributed by atoms with Crippen molar-refractivity contribution in [1.82, 2.24) is 15.5 Å². The lowest BCUT2D eigenvalue weighted by molar-refractivity contribution is -0.137. The number of alkyl halides is 3. The lowest BCUT2D eigenvalue weighted by atomic mass is 9.96. The second-order valence-corrected chi connectivity index (χ2v) is 7.85. The summed E-state index contributed by atoms with van der Waals surface area (Å²) in [5.41, 5.74) is 1.05. The first-order chi connectivity index (χ1) is 15.9. The summed E-state index contributed by atoms with van der Waals surface area (Å²) >= 11 is 0. The standard InChI is InChI=1S/C24H23F3N4O2/c25-24(26,27)19-8-6-18(7-9-19)23(32)29-21(14-16-10-12-33-13-11-16)28-22-15-20(30-31-22)17-4-2-1-3-5-17/h1-9,15-16H,10-14H2,(H2,28,29,30,31,32). The number of halogens is 3. The quantitative estimate of drug-likeness (QED) is 0.400. The summed E-state index contributed by atoms with van der Waals surface area (Å²) in [4.78, 5) is 17.3. The van der Waals surface area contributed by atoms with Gasteiger partial charge in [-0.05, 0) is 48.6 Å². The number of amides is 1. The number of carbonyl (C=O) groups excluding carboxylic acids is 1. The number of rotatable bonds is 5. The van der Waals surface area contributed by atoms with Gasteiger partial charge in [-0.2, -0.15) is 18.3 Å². The van der Waals surface area contributed by atoms with E-state index in [2.05, 4.69) is 20.5 Å². The zero-order valence-corrected chi connectivity index (χ0v) is 17.7. The molecule has 2 heterocycles. The van der Waals surface area contributed by atoms with Gasteiger partial charge in [0.05, 0.1) is 11.3 Å². The van der Waals surface area contributed by atoms with Crippen molar-refractivity contribution in [2.75, 3.05) is 13.2 Å². The van der Waals surface area contributed by atoms with E-state index in [0.717, 1.165) is 48.4 Å². The average molecular weight is 456 g/mol. The normalized spacial score (nSPS) is 15.4. The molecule has 0 spiro atoms. The summed E-state index contributed by atoms with van der Waals surface area (Å²) in [6, 6.07) is 15.5. The molecule has 2 aromatic carbocycles. The zero-order valence-electron chi connectivity index (χ0n) is 17.7. The number of nitrogens with zero attached hydrogens (tertiary/aromatic N) is 2. The zero-order chi connectivity index (χ0) is 23.3. The Hall–Kier alpha value is -3.46. The fourth-order valence-corrected chi connectivity index (χ4v) is 3.63. The van der Waals surface area contributed by atoms with Gasteiger partial charge >= 0.3 is 6.18 Å². The van der Waals surface area contributed by atoms with Gasteiger partial charge in [-0.1, -0.05) is 30.3 Å². The molecule has 2 N–H and O–H groups in total. The summed E-state index contributed by atoms with van der Waals surface area (Å²) < 4.78 is 43.9. The van der Waals surface area contributed by atoms with Crippen LogP contribution >= 0.6 is 0 Å². The predicted molar refractivity (Wildman–Crippen MR) is 118 cm³/mol. The molecule has 1 fully saturated rings. The first kappa shape index (κ1) is 22.7. The number of aromatic amines is 1. The van der Waals surface area contributed by atoms with Crippen LogP contribution in [-0.2, 0) is 10.9 Å². The van der Waals surface area contributed by atoms with E-state index < -0.39 is 17.6 Å². The molecule has 1 aliphatic heterocycles. The third kappa shape index (κ3) is 6.07. The number of hydrogen-bond donors (Lipinski definition) is 2. The summed E-state index contributed by atoms with van der Waals surface area (Å²) in [5.74, 6) is 0.577. The topological polar surface area (TPSA) is 79.4 Å². The molecule has 1 aliphatic rings. The summed E-state index contributed by atoms with van der Waals surface area (Å²) in [6.07, 6.45) is -2.28. The Bertz CT molecular complexity index is 1100. The number of H-pyrrole nitrogens is 1. The van der Waals surface area contributed by atoms with Crippen LogP contribution in [0.3, 0.4) is 0 Å². The molecule has 0 atom stereocenters. The summed E-state index contributed by atoms with van der Waals surface area (Å²) in [7, 11) is 0. The smallest absolute Gasteiger partial charge is 0.381 e. The number of hydrogen-bond acceptors (Lipinski definition) is 4. The van der Waals surface area contributed by atoms with Crippen molar-refractivity contribution in [3.63, 3.8) is 0 Å². The minimum Gasteiger partial charge on any atom is -0.381 e. The van der Waals surface area contributed by atoms with E-state index in [1.54, 1.807) is 6.07 Å². The van der Waals surface area contributed by atoms with E-state index in [-0.39, 0.29) is 11.5 Å². The lowest BCUT2D eigenvalue weighted by Gasteiger charge is -2.22. The number of amidine groups is 1. The van der Waals surface area contributed by atoms with Gasteiger partial charge in [0.2, 0.25) is 0 Å². The molecule has 33 heavy (non-hydrogen) atoms. The highest BCUT2D eigenvalue weighted by atomic mass is 19.4. The van der Waals surface area contributed by atoms with Crippen LogP contribution in [0.4, 0.5) is 19.0 Å². The molecule has 6 nitrogen and oxygen atoms in total. The summed E-state index contributed by atoms with van der Waals surface area (Å²) in [6.45, 7) is 1.29. The maximum atomic E-state index is 12.8. The van der Waals surface area contributed by atoms with Crippen molar-refractivity contribution in [3.8, 4) is 11.3 Å². The molecular weight excluding hydrogens is 433 g/mol. The molecule has 172 valence electrons. The number of ether oxygens (including phenoxy) is 1. The van der Waals surface area contributed by atoms with Crippen molar-refractivity contribution in [1.29, 1.82) is 0 Å². The third-order valence-corrected chi connectivity index (χ3v) is 5.45. The highest BCUT2D eigenvalue weighted by molar-refractivity contribution is 6.07. The molecule has 4 rings (SSSR count). The van der Waals surface area contributed by atoms with E-state index >= 15 is 0 Å². The number of carbonyl (C=O) groups is 1. The monoisotopic (exact) mass is 456 g/mol. The van der Waals surface area contributed by atoms with Crippen LogP contribution in [0.25, 0.3) is 11.3 Å². The Morgan fingerprint density at radius 3 is 2.45 bits per heavy atom. The van der Waals surface area contributed by atoms with Crippen LogP contribution in [0.2, 0.25) is 0 Å². The molecule has 3 aromatic rings. The van der Waals surface area contributed by atoms with Gasteiger partial charge < -0.3 is 10.1 Å². The Balaban J connectivity index is 1.54. The van der Waals surface area contributed by atoms with Gasteiger partial charge in [-0.3, -0.25) is 9.89 Å². The van der Waals surface area contributed by atoms with E-state index in [1.165, 1.54) is 0 Å². The second-order valence-electron chi connectivity index (χ2n) is 7.85. The van der Waals surface area contributed by atoms with Crippen LogP contribution in [0.15, 0.2) is 65.7 Å². The van der Waals surface area contributed by atoms with Crippen molar-refractivity contribution in [2.45, 2.75) is 25.4 Å². The van der Waals surface area contributed by atoms with Crippen molar-refractivity contribution in [2.24, 2.45) is 10.9 Å². The Kier molecular flexibility index (Phi) is 6.88. The minimum atomic E-state index is -4.46. The van der Waals surface area contributed by atoms with Crippen molar-refractivity contribution >= 4 is 17.6 Å². The molecular formula is C24H23F3N4O2. The molecule has 0 bridgehead atoms. The number of benzene rings is 2. The number of aromatic nitrogens is 2. The van der Waals surface area contributed by atoms with E-state index in [0.29, 0.717) is 31.3 Å². The Labute approximate surface area is 188 Å². The van der Waals surface area contributed by atoms with Gasteiger partial charge in [0, 0.05) is 31.3 Å². The highest BCUT2D eigenvalue weighted by Gasteiger charge is 2.30. The van der Waals surface area contributed by atoms with E-state index in [9.17, 15) is 18.0 Å². The minimum absolute atomic E-state index is 0.120. The van der Waals surface area contributed by atoms with Gasteiger partial charge in [0.25, 0.3) is 5.91 Å².